The second-order valence-electron chi connectivity index (χ2n) is 7.99. The quantitative estimate of drug-likeness (QED) is 0.413. The highest BCUT2D eigenvalue weighted by Gasteiger charge is 2.21. The number of H-pyrrole nitrogens is 2. The summed E-state index contributed by atoms with van der Waals surface area (Å²) in [5.41, 5.74) is 5.56. The Morgan fingerprint density at radius 1 is 0.882 bits per heavy atom. The number of rotatable bonds is 4. The summed E-state index contributed by atoms with van der Waals surface area (Å²) in [5, 5.41) is 7.50. The van der Waals surface area contributed by atoms with E-state index in [4.69, 9.17) is 0 Å². The van der Waals surface area contributed by atoms with Crippen LogP contribution in [0.4, 0.5) is 10.1 Å². The van der Waals surface area contributed by atoms with Gasteiger partial charge < -0.3 is 9.88 Å². The molecule has 0 aliphatic heterocycles. The van der Waals surface area contributed by atoms with Crippen LogP contribution in [0.2, 0.25) is 0 Å². The fraction of sp³-hybridized carbons (Fsp3) is 0.0833. The molecule has 0 amide bonds. The van der Waals surface area contributed by atoms with Crippen LogP contribution in [0.1, 0.15) is 0 Å². The second kappa shape index (κ2) is 7.69. The van der Waals surface area contributed by atoms with Gasteiger partial charge in [0.1, 0.15) is 11.4 Å². The lowest BCUT2D eigenvalue weighted by Crippen LogP contribution is -2.09. The van der Waals surface area contributed by atoms with Gasteiger partial charge in [-0.3, -0.25) is 20.1 Å². The first-order chi connectivity index (χ1) is 16.6. The Balaban J connectivity index is 1.52. The van der Waals surface area contributed by atoms with Gasteiger partial charge in [0.05, 0.1) is 34.5 Å². The third-order valence-corrected chi connectivity index (χ3v) is 5.67. The van der Waals surface area contributed by atoms with Crippen LogP contribution >= 0.6 is 0 Å². The molecule has 10 heteroatoms. The van der Waals surface area contributed by atoms with Gasteiger partial charge in [0, 0.05) is 50.0 Å². The summed E-state index contributed by atoms with van der Waals surface area (Å²) in [5.74, 6) is -0.0896. The summed E-state index contributed by atoms with van der Waals surface area (Å²) < 4.78 is 15.8. The van der Waals surface area contributed by atoms with Gasteiger partial charge in [-0.05, 0) is 29.8 Å². The summed E-state index contributed by atoms with van der Waals surface area (Å²) in [4.78, 5) is 26.8. The maximum absolute atomic E-state index is 15.8. The van der Waals surface area contributed by atoms with Crippen molar-refractivity contribution in [3.8, 4) is 33.9 Å². The molecule has 9 nitrogen and oxygen atoms in total. The average molecular weight is 451 g/mol. The molecule has 0 radical (unpaired) electrons. The molecule has 166 valence electrons. The molecule has 0 saturated carbocycles. The zero-order valence-electron chi connectivity index (χ0n) is 18.3. The van der Waals surface area contributed by atoms with Crippen LogP contribution in [0, 0.1) is 5.82 Å². The van der Waals surface area contributed by atoms with Crippen molar-refractivity contribution in [2.75, 3.05) is 19.0 Å². The number of anilines is 1. The van der Waals surface area contributed by atoms with Gasteiger partial charge in [-0.1, -0.05) is 0 Å². The molecule has 6 aromatic heterocycles. The molecule has 0 aliphatic rings. The Hall–Kier alpha value is -4.73. The highest BCUT2D eigenvalue weighted by Crippen LogP contribution is 2.34. The van der Waals surface area contributed by atoms with Gasteiger partial charge >= 0.3 is 0 Å². The Morgan fingerprint density at radius 3 is 2.56 bits per heavy atom. The van der Waals surface area contributed by atoms with Gasteiger partial charge in [-0.15, -0.1) is 0 Å². The van der Waals surface area contributed by atoms with Crippen LogP contribution in [-0.2, 0) is 0 Å². The van der Waals surface area contributed by atoms with Crippen LogP contribution in [0.3, 0.4) is 0 Å². The average Bonchev–Trinajstić information content (AvgIpc) is 3.49. The van der Waals surface area contributed by atoms with Gasteiger partial charge in [0.15, 0.2) is 17.3 Å². The minimum atomic E-state index is -0.498. The molecule has 0 aromatic carbocycles. The van der Waals surface area contributed by atoms with Crippen molar-refractivity contribution in [3.63, 3.8) is 0 Å². The topological polar surface area (TPSA) is 112 Å². The number of nitrogens with one attached hydrogen (secondary N) is 2. The number of fused-ring (bicyclic) bond motifs is 2. The van der Waals surface area contributed by atoms with Crippen molar-refractivity contribution in [2.45, 2.75) is 0 Å². The van der Waals surface area contributed by atoms with Crippen molar-refractivity contribution >= 4 is 27.8 Å². The predicted octanol–water partition coefficient (Wildman–Crippen LogP) is 4.23. The van der Waals surface area contributed by atoms with Crippen LogP contribution in [0.25, 0.3) is 56.0 Å². The molecule has 0 unspecified atom stereocenters. The van der Waals surface area contributed by atoms with Gasteiger partial charge in [-0.25, -0.2) is 14.4 Å². The zero-order chi connectivity index (χ0) is 23.2. The molecule has 6 heterocycles. The Bertz CT molecular complexity index is 1650. The number of nitrogens with zero attached hydrogens (tertiary/aromatic N) is 7. The molecular weight excluding hydrogens is 433 g/mol. The summed E-state index contributed by atoms with van der Waals surface area (Å²) >= 11 is 0. The second-order valence-corrected chi connectivity index (χ2v) is 7.99. The summed E-state index contributed by atoms with van der Waals surface area (Å²) in [7, 11) is 3.80. The first-order valence-corrected chi connectivity index (χ1v) is 10.5. The standard InChI is InChI=1S/C24H18FN9/c1-34(2)15-9-14(10-27-11-15)20-19(25)18-17(12-29-20)32-33-22(18)24-30-21-16(5-8-28-23(21)31-24)13-3-6-26-7-4-13/h3-12H,1-2H3,(H,32,33)(H,28,30,31). The number of hydrogen-bond acceptors (Lipinski definition) is 7. The summed E-state index contributed by atoms with van der Waals surface area (Å²) in [6.07, 6.45) is 10.0. The van der Waals surface area contributed by atoms with E-state index >= 15 is 4.39 Å². The van der Waals surface area contributed by atoms with E-state index in [-0.39, 0.29) is 5.69 Å². The lowest BCUT2D eigenvalue weighted by Gasteiger charge is -2.13. The van der Waals surface area contributed by atoms with Crippen molar-refractivity contribution < 1.29 is 4.39 Å². The Morgan fingerprint density at radius 2 is 1.74 bits per heavy atom. The smallest absolute Gasteiger partial charge is 0.178 e. The van der Waals surface area contributed by atoms with Crippen LogP contribution in [-0.4, -0.2) is 54.2 Å². The lowest BCUT2D eigenvalue weighted by molar-refractivity contribution is 0.638. The normalized spacial score (nSPS) is 11.4. The molecular formula is C24H18FN9. The molecule has 0 aliphatic carbocycles. The SMILES string of the molecule is CN(C)c1cncc(-c2ncc3[nH]nc(-c4nc5nccc(-c6ccncc6)c5[nH]4)c3c2F)c1. The molecule has 0 spiro atoms. The first kappa shape index (κ1) is 19.9. The lowest BCUT2D eigenvalue weighted by atomic mass is 10.1. The van der Waals surface area contributed by atoms with Crippen LogP contribution in [0.5, 0.6) is 0 Å². The van der Waals surface area contributed by atoms with E-state index in [1.54, 1.807) is 37.2 Å². The van der Waals surface area contributed by atoms with Crippen molar-refractivity contribution in [2.24, 2.45) is 0 Å². The maximum Gasteiger partial charge on any atom is 0.178 e. The Kier molecular flexibility index (Phi) is 4.51. The summed E-state index contributed by atoms with van der Waals surface area (Å²) in [6, 6.07) is 7.56. The Labute approximate surface area is 192 Å². The fourth-order valence-electron chi connectivity index (χ4n) is 3.94. The number of hydrogen-bond donors (Lipinski definition) is 2. The highest BCUT2D eigenvalue weighted by molar-refractivity contribution is 5.97. The number of halogens is 1. The van der Waals surface area contributed by atoms with E-state index in [0.717, 1.165) is 22.3 Å². The molecule has 0 bridgehead atoms. The number of aromatic amines is 2. The van der Waals surface area contributed by atoms with E-state index in [2.05, 4.69) is 40.1 Å². The first-order valence-electron chi connectivity index (χ1n) is 10.5. The third-order valence-electron chi connectivity index (χ3n) is 5.67. The predicted molar refractivity (Wildman–Crippen MR) is 128 cm³/mol. The van der Waals surface area contributed by atoms with Crippen LogP contribution < -0.4 is 4.90 Å². The molecule has 0 fully saturated rings. The molecule has 0 saturated heterocycles. The van der Waals surface area contributed by atoms with Gasteiger partial charge in [-0.2, -0.15) is 5.10 Å². The number of pyridine rings is 4. The van der Waals surface area contributed by atoms with Gasteiger partial charge in [0.25, 0.3) is 0 Å². The molecule has 6 aromatic rings. The third kappa shape index (κ3) is 3.15. The zero-order valence-corrected chi connectivity index (χ0v) is 18.3. The van der Waals surface area contributed by atoms with E-state index in [1.807, 2.05) is 43.3 Å². The maximum atomic E-state index is 15.8. The van der Waals surface area contributed by atoms with E-state index in [0.29, 0.717) is 33.6 Å². The largest absolute Gasteiger partial charge is 0.376 e. The highest BCUT2D eigenvalue weighted by atomic mass is 19.1. The van der Waals surface area contributed by atoms with E-state index in [1.165, 1.54) is 0 Å². The van der Waals surface area contributed by atoms with E-state index in [9.17, 15) is 0 Å². The minimum Gasteiger partial charge on any atom is -0.376 e. The monoisotopic (exact) mass is 451 g/mol. The van der Waals surface area contributed by atoms with Crippen LogP contribution in [0.15, 0.2) is 61.4 Å². The molecule has 0 atom stereocenters. The fourth-order valence-corrected chi connectivity index (χ4v) is 3.94. The van der Waals surface area contributed by atoms with Crippen molar-refractivity contribution in [1.82, 2.24) is 40.1 Å². The minimum absolute atomic E-state index is 0.193. The van der Waals surface area contributed by atoms with Crippen molar-refractivity contribution in [3.05, 3.63) is 67.3 Å². The molecule has 34 heavy (non-hydrogen) atoms. The van der Waals surface area contributed by atoms with Crippen molar-refractivity contribution in [1.29, 1.82) is 0 Å². The molecule has 6 rings (SSSR count). The number of aromatic nitrogens is 8. The van der Waals surface area contributed by atoms with Gasteiger partial charge in [0.2, 0.25) is 0 Å². The summed E-state index contributed by atoms with van der Waals surface area (Å²) in [6.45, 7) is 0. The molecule has 2 N–H and O–H groups in total. The number of imidazole rings is 1. The van der Waals surface area contributed by atoms with E-state index < -0.39 is 5.82 Å².